The van der Waals surface area contributed by atoms with E-state index in [9.17, 15) is 10.1 Å². The number of nitro groups is 1. The molecule has 0 saturated heterocycles. The zero-order chi connectivity index (χ0) is 10.7. The van der Waals surface area contributed by atoms with Gasteiger partial charge in [-0.15, -0.1) is 0 Å². The Bertz CT molecular complexity index is 468. The Morgan fingerprint density at radius 3 is 2.73 bits per heavy atom. The van der Waals surface area contributed by atoms with Crippen LogP contribution in [0.25, 0.3) is 11.3 Å². The molecule has 5 nitrogen and oxygen atoms in total. The van der Waals surface area contributed by atoms with Crippen LogP contribution in [0, 0.1) is 16.3 Å². The van der Waals surface area contributed by atoms with Crippen LogP contribution >= 0.6 is 0 Å². The second-order valence-electron chi connectivity index (χ2n) is 2.82. The van der Waals surface area contributed by atoms with E-state index in [1.165, 1.54) is 12.3 Å². The fourth-order valence-corrected chi connectivity index (χ4v) is 1.12. The topological polar surface area (TPSA) is 68.9 Å². The van der Waals surface area contributed by atoms with E-state index in [-0.39, 0.29) is 5.69 Å². The van der Waals surface area contributed by atoms with E-state index in [1.54, 1.807) is 24.4 Å². The molecule has 0 aliphatic rings. The lowest BCUT2D eigenvalue weighted by atomic mass is 10.2. The fraction of sp³-hybridized carbons (Fsp3) is 0. The van der Waals surface area contributed by atoms with Crippen molar-refractivity contribution in [3.63, 3.8) is 0 Å². The lowest BCUT2D eigenvalue weighted by molar-refractivity contribution is -0.385. The van der Waals surface area contributed by atoms with Gasteiger partial charge < -0.3 is 0 Å². The number of hydrogen-bond acceptors (Lipinski definition) is 4. The van der Waals surface area contributed by atoms with E-state index in [1.807, 2.05) is 0 Å². The summed E-state index contributed by atoms with van der Waals surface area (Å²) >= 11 is 0. The molecular weight excluding hydrogens is 194 g/mol. The first-order valence-electron chi connectivity index (χ1n) is 4.21. The molecule has 2 rings (SSSR count). The van der Waals surface area contributed by atoms with E-state index >= 15 is 0 Å². The zero-order valence-corrected chi connectivity index (χ0v) is 7.62. The molecule has 0 saturated carbocycles. The third-order valence-corrected chi connectivity index (χ3v) is 1.84. The van der Waals surface area contributed by atoms with Gasteiger partial charge in [0.05, 0.1) is 16.8 Å². The van der Waals surface area contributed by atoms with Crippen LogP contribution in [0.15, 0.2) is 36.7 Å². The number of aromatic nitrogens is 2. The summed E-state index contributed by atoms with van der Waals surface area (Å²) in [6, 6.07) is 6.53. The molecule has 0 amide bonds. The maximum Gasteiger partial charge on any atom is 0.287 e. The van der Waals surface area contributed by atoms with Gasteiger partial charge in [-0.3, -0.25) is 15.1 Å². The molecule has 0 bridgehead atoms. The number of nitrogens with zero attached hydrogens (tertiary/aromatic N) is 3. The van der Waals surface area contributed by atoms with Crippen molar-refractivity contribution in [1.29, 1.82) is 0 Å². The first kappa shape index (κ1) is 9.26. The Morgan fingerprint density at radius 1 is 1.33 bits per heavy atom. The molecule has 0 aliphatic carbocycles. The minimum absolute atomic E-state index is 0.0253. The Hall–Kier alpha value is -2.30. The van der Waals surface area contributed by atoms with Crippen LogP contribution in [-0.2, 0) is 0 Å². The van der Waals surface area contributed by atoms with E-state index in [0.717, 1.165) is 0 Å². The van der Waals surface area contributed by atoms with Gasteiger partial charge in [0.2, 0.25) is 0 Å². The largest absolute Gasteiger partial charge is 0.287 e. The maximum atomic E-state index is 10.4. The van der Waals surface area contributed by atoms with Crippen molar-refractivity contribution < 1.29 is 4.92 Å². The summed E-state index contributed by atoms with van der Waals surface area (Å²) < 4.78 is 0. The van der Waals surface area contributed by atoms with Gasteiger partial charge in [0.25, 0.3) is 5.69 Å². The molecule has 0 aromatic carbocycles. The molecule has 0 N–H and O–H groups in total. The van der Waals surface area contributed by atoms with Crippen LogP contribution in [0.1, 0.15) is 0 Å². The third-order valence-electron chi connectivity index (χ3n) is 1.84. The summed E-state index contributed by atoms with van der Waals surface area (Å²) in [6.07, 6.45) is 5.58. The van der Waals surface area contributed by atoms with Gasteiger partial charge in [-0.05, 0) is 18.2 Å². The Morgan fingerprint density at radius 2 is 2.20 bits per heavy atom. The van der Waals surface area contributed by atoms with Crippen LogP contribution in [0.4, 0.5) is 5.69 Å². The summed E-state index contributed by atoms with van der Waals surface area (Å²) in [4.78, 5) is 17.7. The van der Waals surface area contributed by atoms with Crippen molar-refractivity contribution in [2.75, 3.05) is 0 Å². The summed E-state index contributed by atoms with van der Waals surface area (Å²) in [5, 5.41) is 10.4. The average Bonchev–Trinajstić information content (AvgIpc) is 2.30. The quantitative estimate of drug-likeness (QED) is 0.548. The minimum Gasteiger partial charge on any atom is -0.258 e. The van der Waals surface area contributed by atoms with Gasteiger partial charge in [-0.2, -0.15) is 0 Å². The molecule has 1 radical (unpaired) electrons. The van der Waals surface area contributed by atoms with Crippen LogP contribution in [-0.4, -0.2) is 14.9 Å². The van der Waals surface area contributed by atoms with Gasteiger partial charge in [0, 0.05) is 17.8 Å². The van der Waals surface area contributed by atoms with Gasteiger partial charge in [-0.25, -0.2) is 4.98 Å². The van der Waals surface area contributed by atoms with Crippen molar-refractivity contribution in [2.24, 2.45) is 0 Å². The summed E-state index contributed by atoms with van der Waals surface area (Å²) in [5.41, 5.74) is 1.31. The van der Waals surface area contributed by atoms with Crippen LogP contribution in [0.5, 0.6) is 0 Å². The van der Waals surface area contributed by atoms with E-state index in [4.69, 9.17) is 0 Å². The van der Waals surface area contributed by atoms with Crippen molar-refractivity contribution in [3.05, 3.63) is 53.0 Å². The second kappa shape index (κ2) is 3.83. The normalized spacial score (nSPS) is 9.87. The van der Waals surface area contributed by atoms with Gasteiger partial charge >= 0.3 is 0 Å². The molecule has 15 heavy (non-hydrogen) atoms. The molecule has 2 aromatic heterocycles. The fourth-order valence-electron chi connectivity index (χ4n) is 1.12. The first-order valence-corrected chi connectivity index (χ1v) is 4.21. The number of rotatable bonds is 2. The molecule has 0 unspecified atom stereocenters. The number of hydrogen-bond donors (Lipinski definition) is 0. The highest BCUT2D eigenvalue weighted by Gasteiger charge is 2.06. The molecule has 5 heteroatoms. The van der Waals surface area contributed by atoms with Gasteiger partial charge in [-0.1, -0.05) is 0 Å². The molecule has 0 spiro atoms. The highest BCUT2D eigenvalue weighted by Crippen LogP contribution is 2.17. The summed E-state index contributed by atoms with van der Waals surface area (Å²) in [6.45, 7) is 0. The third kappa shape index (κ3) is 1.96. The van der Waals surface area contributed by atoms with Crippen LogP contribution in [0.3, 0.4) is 0 Å². The van der Waals surface area contributed by atoms with Crippen molar-refractivity contribution in [2.45, 2.75) is 0 Å². The van der Waals surface area contributed by atoms with Crippen molar-refractivity contribution in [1.82, 2.24) is 9.97 Å². The Kier molecular flexibility index (Phi) is 2.37. The Balaban J connectivity index is 2.36. The molecule has 2 heterocycles. The smallest absolute Gasteiger partial charge is 0.258 e. The van der Waals surface area contributed by atoms with E-state index < -0.39 is 4.92 Å². The predicted molar refractivity (Wildman–Crippen MR) is 53.0 cm³/mol. The first-order chi connectivity index (χ1) is 7.27. The maximum absolute atomic E-state index is 10.4. The number of pyridine rings is 2. The van der Waals surface area contributed by atoms with Gasteiger partial charge in [0.15, 0.2) is 0 Å². The molecule has 0 fully saturated rings. The van der Waals surface area contributed by atoms with Crippen molar-refractivity contribution in [3.8, 4) is 11.3 Å². The van der Waals surface area contributed by atoms with Crippen LogP contribution in [0.2, 0.25) is 0 Å². The van der Waals surface area contributed by atoms with E-state index in [0.29, 0.717) is 11.3 Å². The summed E-state index contributed by atoms with van der Waals surface area (Å²) in [7, 11) is 0. The highest BCUT2D eigenvalue weighted by molar-refractivity contribution is 5.57. The second-order valence-corrected chi connectivity index (χ2v) is 2.82. The summed E-state index contributed by atoms with van der Waals surface area (Å²) in [5.74, 6) is 0. The molecule has 2 aromatic rings. The highest BCUT2D eigenvalue weighted by atomic mass is 16.6. The lowest BCUT2D eigenvalue weighted by Gasteiger charge is -1.97. The van der Waals surface area contributed by atoms with Crippen molar-refractivity contribution >= 4 is 5.69 Å². The monoisotopic (exact) mass is 200 g/mol. The molecule has 0 aliphatic heterocycles. The molecule has 0 atom stereocenters. The SMILES string of the molecule is O=[N+]([O-])c1ccc(-c2[c]nccc2)nc1. The standard InChI is InChI=1S/C10H6N3O2/c14-13(15)9-3-4-10(12-7-9)8-2-1-5-11-6-8/h1-5,7H. The minimum atomic E-state index is -0.482. The van der Waals surface area contributed by atoms with Gasteiger partial charge in [0.1, 0.15) is 6.20 Å². The molecule has 73 valence electrons. The average molecular weight is 200 g/mol. The Labute approximate surface area is 85.6 Å². The zero-order valence-electron chi connectivity index (χ0n) is 7.62. The molecular formula is C10H6N3O2. The van der Waals surface area contributed by atoms with Crippen LogP contribution < -0.4 is 0 Å². The predicted octanol–water partition coefficient (Wildman–Crippen LogP) is 1.85. The lowest BCUT2D eigenvalue weighted by Crippen LogP contribution is -1.90. The van der Waals surface area contributed by atoms with E-state index in [2.05, 4.69) is 16.2 Å².